The fourth-order valence-corrected chi connectivity index (χ4v) is 3.17. The Labute approximate surface area is 193 Å². The topological polar surface area (TPSA) is 54.7 Å². The summed E-state index contributed by atoms with van der Waals surface area (Å²) in [6, 6.07) is 5.04. The van der Waals surface area contributed by atoms with E-state index in [-0.39, 0.29) is 49.5 Å². The van der Waals surface area contributed by atoms with Crippen LogP contribution in [0.5, 0.6) is 0 Å². The molecule has 1 fully saturated rings. The van der Waals surface area contributed by atoms with E-state index in [9.17, 15) is 22.0 Å². The molecule has 1 aliphatic heterocycles. The zero-order valence-corrected chi connectivity index (χ0v) is 19.0. The first-order chi connectivity index (χ1) is 14.3. The number of halogens is 6. The van der Waals surface area contributed by atoms with E-state index >= 15 is 0 Å². The van der Waals surface area contributed by atoms with E-state index in [1.165, 1.54) is 18.5 Å². The van der Waals surface area contributed by atoms with Gasteiger partial charge in [-0.05, 0) is 24.6 Å². The van der Waals surface area contributed by atoms with E-state index in [1.54, 1.807) is 6.07 Å². The van der Waals surface area contributed by atoms with E-state index in [4.69, 9.17) is 4.74 Å². The van der Waals surface area contributed by atoms with Crippen molar-refractivity contribution >= 4 is 29.9 Å². The van der Waals surface area contributed by atoms with Crippen molar-refractivity contribution in [3.05, 3.63) is 53.6 Å². The Hall–Kier alpha value is -1.96. The molecule has 0 saturated carbocycles. The fourth-order valence-electron chi connectivity index (χ4n) is 3.17. The van der Waals surface area contributed by atoms with Gasteiger partial charge in [-0.1, -0.05) is 12.1 Å². The van der Waals surface area contributed by atoms with Gasteiger partial charge in [0, 0.05) is 25.5 Å². The minimum Gasteiger partial charge on any atom is -0.370 e. The van der Waals surface area contributed by atoms with Crippen molar-refractivity contribution in [3.8, 4) is 0 Å². The lowest BCUT2D eigenvalue weighted by Gasteiger charge is -2.35. The highest BCUT2D eigenvalue weighted by Gasteiger charge is 2.32. The van der Waals surface area contributed by atoms with Crippen molar-refractivity contribution < 1.29 is 26.7 Å². The van der Waals surface area contributed by atoms with Gasteiger partial charge in [-0.15, -0.1) is 24.0 Å². The lowest BCUT2D eigenvalue weighted by molar-refractivity contribution is -0.137. The molecule has 1 unspecified atom stereocenters. The van der Waals surface area contributed by atoms with Gasteiger partial charge in [-0.3, -0.25) is 4.57 Å². The van der Waals surface area contributed by atoms with E-state index in [2.05, 4.69) is 15.3 Å². The molecule has 3 rings (SSSR count). The van der Waals surface area contributed by atoms with Crippen LogP contribution in [0.1, 0.15) is 36.5 Å². The average Bonchev–Trinajstić information content (AvgIpc) is 3.20. The molecule has 0 radical (unpaired) electrons. The van der Waals surface area contributed by atoms with Crippen LogP contribution in [0.3, 0.4) is 0 Å². The van der Waals surface area contributed by atoms with Gasteiger partial charge in [-0.25, -0.2) is 9.98 Å². The van der Waals surface area contributed by atoms with Crippen LogP contribution in [0.2, 0.25) is 0 Å². The van der Waals surface area contributed by atoms with Gasteiger partial charge in [0.05, 0.1) is 18.7 Å². The normalized spacial score (nSPS) is 17.6. The number of imidazole rings is 1. The zero-order valence-electron chi connectivity index (χ0n) is 16.6. The molecule has 172 valence electrons. The van der Waals surface area contributed by atoms with Crippen LogP contribution in [0.4, 0.5) is 22.0 Å². The number of hydrogen-bond donors (Lipinski definition) is 1. The Balaban J connectivity index is 0.00000341. The summed E-state index contributed by atoms with van der Waals surface area (Å²) in [5.41, 5.74) is -0.321. The van der Waals surface area contributed by atoms with Crippen molar-refractivity contribution in [1.82, 2.24) is 19.8 Å². The summed E-state index contributed by atoms with van der Waals surface area (Å²) in [4.78, 5) is 10.1. The lowest BCUT2D eigenvalue weighted by Crippen LogP contribution is -2.48. The molecule has 2 aromatic rings. The molecule has 1 atom stereocenters. The molecule has 2 heterocycles. The molecule has 1 aromatic heterocycles. The SMILES string of the molecule is CCNC(=NCc1nccn1C(F)F)N1CCOC(c2cccc(C(F)(F)F)c2)C1.I. The number of benzene rings is 1. The number of guanidine groups is 1. The summed E-state index contributed by atoms with van der Waals surface area (Å²) in [5.74, 6) is 0.574. The molecule has 12 heteroatoms. The number of nitrogens with one attached hydrogen (secondary N) is 1. The number of nitrogens with zero attached hydrogens (tertiary/aromatic N) is 4. The van der Waals surface area contributed by atoms with Crippen molar-refractivity contribution in [2.24, 2.45) is 4.99 Å². The van der Waals surface area contributed by atoms with Crippen LogP contribution < -0.4 is 5.32 Å². The molecule has 1 saturated heterocycles. The minimum atomic E-state index is -4.44. The lowest BCUT2D eigenvalue weighted by atomic mass is 10.0. The Kier molecular flexibility index (Phi) is 9.03. The molecule has 6 nitrogen and oxygen atoms in total. The fraction of sp³-hybridized carbons (Fsp3) is 0.474. The van der Waals surface area contributed by atoms with Gasteiger partial charge in [0.1, 0.15) is 18.5 Å². The molecule has 0 bridgehead atoms. The molecular weight excluding hydrogens is 536 g/mol. The number of morpholine rings is 1. The summed E-state index contributed by atoms with van der Waals surface area (Å²) < 4.78 is 71.5. The third kappa shape index (κ3) is 6.51. The van der Waals surface area contributed by atoms with Gasteiger partial charge in [0.2, 0.25) is 0 Å². The zero-order chi connectivity index (χ0) is 21.7. The number of aromatic nitrogens is 2. The second kappa shape index (κ2) is 11.1. The van der Waals surface area contributed by atoms with Gasteiger partial charge < -0.3 is 15.0 Å². The number of alkyl halides is 5. The van der Waals surface area contributed by atoms with E-state index in [0.29, 0.717) is 24.6 Å². The molecule has 1 aromatic carbocycles. The van der Waals surface area contributed by atoms with Crippen LogP contribution in [0.15, 0.2) is 41.7 Å². The Bertz CT molecular complexity index is 873. The number of aliphatic imine (C=N–C) groups is 1. The second-order valence-corrected chi connectivity index (χ2v) is 6.63. The summed E-state index contributed by atoms with van der Waals surface area (Å²) in [7, 11) is 0. The number of rotatable bonds is 5. The summed E-state index contributed by atoms with van der Waals surface area (Å²) in [5, 5.41) is 3.09. The van der Waals surface area contributed by atoms with Crippen molar-refractivity contribution in [2.45, 2.75) is 32.3 Å². The quantitative estimate of drug-likeness (QED) is 0.255. The predicted molar refractivity (Wildman–Crippen MR) is 115 cm³/mol. The molecule has 0 amide bonds. The number of ether oxygens (including phenoxy) is 1. The van der Waals surface area contributed by atoms with E-state index in [0.717, 1.165) is 16.7 Å². The maximum Gasteiger partial charge on any atom is 0.416 e. The van der Waals surface area contributed by atoms with Crippen LogP contribution in [0, 0.1) is 0 Å². The van der Waals surface area contributed by atoms with E-state index < -0.39 is 24.4 Å². The maximum atomic E-state index is 13.0. The van der Waals surface area contributed by atoms with Gasteiger partial charge >= 0.3 is 12.7 Å². The first kappa shape index (κ1) is 25.3. The number of hydrogen-bond acceptors (Lipinski definition) is 3. The third-order valence-electron chi connectivity index (χ3n) is 4.62. The Morgan fingerprint density at radius 2 is 2.13 bits per heavy atom. The van der Waals surface area contributed by atoms with Crippen molar-refractivity contribution in [1.29, 1.82) is 0 Å². The smallest absolute Gasteiger partial charge is 0.370 e. The van der Waals surface area contributed by atoms with Crippen molar-refractivity contribution in [3.63, 3.8) is 0 Å². The largest absolute Gasteiger partial charge is 0.416 e. The monoisotopic (exact) mass is 559 g/mol. The van der Waals surface area contributed by atoms with E-state index in [1.807, 2.05) is 11.8 Å². The molecule has 1 aliphatic rings. The Morgan fingerprint density at radius 1 is 1.35 bits per heavy atom. The van der Waals surface area contributed by atoms with Gasteiger partial charge in [0.25, 0.3) is 0 Å². The highest BCUT2D eigenvalue weighted by Crippen LogP contribution is 2.32. The van der Waals surface area contributed by atoms with Crippen LogP contribution >= 0.6 is 24.0 Å². The summed E-state index contributed by atoms with van der Waals surface area (Å²) >= 11 is 0. The highest BCUT2D eigenvalue weighted by atomic mass is 127. The average molecular weight is 559 g/mol. The van der Waals surface area contributed by atoms with Gasteiger partial charge in [0.15, 0.2) is 5.96 Å². The molecule has 0 aliphatic carbocycles. The highest BCUT2D eigenvalue weighted by molar-refractivity contribution is 14.0. The molecule has 31 heavy (non-hydrogen) atoms. The van der Waals surface area contributed by atoms with Crippen LogP contribution in [-0.2, 0) is 17.5 Å². The van der Waals surface area contributed by atoms with Crippen LogP contribution in [-0.4, -0.2) is 46.7 Å². The Morgan fingerprint density at radius 3 is 2.81 bits per heavy atom. The molecular formula is C19H23F5IN5O. The summed E-state index contributed by atoms with van der Waals surface area (Å²) in [6.07, 6.45) is -2.55. The third-order valence-corrected chi connectivity index (χ3v) is 4.62. The van der Waals surface area contributed by atoms with Gasteiger partial charge in [-0.2, -0.15) is 22.0 Å². The maximum absolute atomic E-state index is 13.0. The molecule has 0 spiro atoms. The minimum absolute atomic E-state index is 0. The predicted octanol–water partition coefficient (Wildman–Crippen LogP) is 4.45. The first-order valence-electron chi connectivity index (χ1n) is 9.41. The van der Waals surface area contributed by atoms with Crippen molar-refractivity contribution in [2.75, 3.05) is 26.2 Å². The summed E-state index contributed by atoms with van der Waals surface area (Å²) in [6.45, 7) is 0.645. The second-order valence-electron chi connectivity index (χ2n) is 6.63. The molecule has 1 N–H and O–H groups in total. The van der Waals surface area contributed by atoms with Crippen LogP contribution in [0.25, 0.3) is 0 Å². The first-order valence-corrected chi connectivity index (χ1v) is 9.41. The standard InChI is InChI=1S/C19H22F5N5O.HI/c1-2-25-18(27-11-16-26-6-7-29(16)17(20)21)28-8-9-30-15(12-28)13-4-3-5-14(10-13)19(22,23)24;/h3-7,10,15,17H,2,8-9,11-12H2,1H3,(H,25,27);1H.